The average molecular weight is 261 g/mol. The number of rotatable bonds is 4. The highest BCUT2D eigenvalue weighted by atomic mass is 16.5. The first-order valence-electron chi connectivity index (χ1n) is 6.50. The number of fused-ring (bicyclic) bond motifs is 1. The molecule has 0 bridgehead atoms. The van der Waals surface area contributed by atoms with Crippen LogP contribution in [0.1, 0.15) is 33.5 Å². The van der Waals surface area contributed by atoms with E-state index in [1.165, 1.54) is 0 Å². The van der Waals surface area contributed by atoms with E-state index < -0.39 is 5.41 Å². The van der Waals surface area contributed by atoms with Crippen molar-refractivity contribution in [1.29, 1.82) is 0 Å². The average Bonchev–Trinajstić information content (AvgIpc) is 2.78. The summed E-state index contributed by atoms with van der Waals surface area (Å²) in [5.41, 5.74) is 1.02. The maximum absolute atomic E-state index is 12.1. The highest BCUT2D eigenvalue weighted by Gasteiger charge is 2.36. The Hall–Kier alpha value is -1.91. The van der Waals surface area contributed by atoms with Gasteiger partial charge >= 0.3 is 5.97 Å². The van der Waals surface area contributed by atoms with Gasteiger partial charge in [-0.3, -0.25) is 9.78 Å². The summed E-state index contributed by atoms with van der Waals surface area (Å²) in [5.74, 6) is 0.462. The van der Waals surface area contributed by atoms with Gasteiger partial charge < -0.3 is 9.30 Å². The second kappa shape index (κ2) is 4.99. The van der Waals surface area contributed by atoms with E-state index in [0.29, 0.717) is 6.61 Å². The maximum Gasteiger partial charge on any atom is 0.319 e. The van der Waals surface area contributed by atoms with E-state index in [1.54, 1.807) is 19.3 Å². The zero-order valence-electron chi connectivity index (χ0n) is 11.8. The molecule has 2 aromatic heterocycles. The van der Waals surface area contributed by atoms with Gasteiger partial charge in [0, 0.05) is 12.7 Å². The second-order valence-corrected chi connectivity index (χ2v) is 4.89. The molecular weight excluding hydrogens is 242 g/mol. The number of esters is 1. The Morgan fingerprint density at radius 3 is 2.79 bits per heavy atom. The van der Waals surface area contributed by atoms with E-state index in [2.05, 4.69) is 9.97 Å². The van der Waals surface area contributed by atoms with Crippen molar-refractivity contribution < 1.29 is 9.53 Å². The molecule has 0 amide bonds. The Morgan fingerprint density at radius 1 is 1.42 bits per heavy atom. The molecule has 0 atom stereocenters. The van der Waals surface area contributed by atoms with Gasteiger partial charge in [-0.1, -0.05) is 0 Å². The van der Waals surface area contributed by atoms with Crippen LogP contribution in [0.3, 0.4) is 0 Å². The molecule has 0 saturated carbocycles. The fourth-order valence-electron chi connectivity index (χ4n) is 2.18. The van der Waals surface area contributed by atoms with Crippen molar-refractivity contribution in [3.8, 4) is 0 Å². The number of imidazole rings is 1. The lowest BCUT2D eigenvalue weighted by molar-refractivity contribution is -0.149. The van der Waals surface area contributed by atoms with Crippen LogP contribution in [0.4, 0.5) is 0 Å². The molecule has 0 aliphatic carbocycles. The molecule has 0 radical (unpaired) electrons. The molecule has 5 heteroatoms. The van der Waals surface area contributed by atoms with Gasteiger partial charge in [-0.25, -0.2) is 4.98 Å². The van der Waals surface area contributed by atoms with Crippen molar-refractivity contribution in [2.45, 2.75) is 39.7 Å². The fraction of sp³-hybridized carbons (Fsp3) is 0.500. The Bertz CT molecular complexity index is 602. The number of pyridine rings is 1. The highest BCUT2D eigenvalue weighted by Crippen LogP contribution is 2.27. The zero-order valence-corrected chi connectivity index (χ0v) is 11.8. The van der Waals surface area contributed by atoms with E-state index in [0.717, 1.165) is 23.4 Å². The first kappa shape index (κ1) is 13.5. The predicted octanol–water partition coefficient (Wildman–Crippen LogP) is 2.29. The van der Waals surface area contributed by atoms with Crippen LogP contribution in [-0.2, 0) is 21.5 Å². The molecule has 0 aliphatic heterocycles. The molecule has 5 nitrogen and oxygen atoms in total. The lowest BCUT2D eigenvalue weighted by Crippen LogP contribution is -2.34. The van der Waals surface area contributed by atoms with E-state index in [9.17, 15) is 4.79 Å². The standard InChI is InChI=1S/C14H19N3O2/c1-5-17-11-7-8-15-9-10(11)16-12(17)14(3,4)13(18)19-6-2/h7-9H,5-6H2,1-4H3. The summed E-state index contributed by atoms with van der Waals surface area (Å²) in [4.78, 5) is 20.8. The summed E-state index contributed by atoms with van der Waals surface area (Å²) in [6.45, 7) is 8.64. The normalized spacial score (nSPS) is 11.8. The Balaban J connectivity index is 2.58. The topological polar surface area (TPSA) is 57.0 Å². The Labute approximate surface area is 112 Å². The largest absolute Gasteiger partial charge is 0.465 e. The monoisotopic (exact) mass is 261 g/mol. The van der Waals surface area contributed by atoms with Crippen molar-refractivity contribution in [1.82, 2.24) is 14.5 Å². The van der Waals surface area contributed by atoms with Crippen LogP contribution in [0.25, 0.3) is 11.0 Å². The minimum atomic E-state index is -0.773. The quantitative estimate of drug-likeness (QED) is 0.792. The summed E-state index contributed by atoms with van der Waals surface area (Å²) in [5, 5.41) is 0. The Morgan fingerprint density at radius 2 is 2.16 bits per heavy atom. The minimum Gasteiger partial charge on any atom is -0.465 e. The number of ether oxygens (including phenoxy) is 1. The number of aryl methyl sites for hydroxylation is 1. The Kier molecular flexibility index (Phi) is 3.55. The van der Waals surface area contributed by atoms with E-state index in [4.69, 9.17) is 4.74 Å². The van der Waals surface area contributed by atoms with E-state index in [1.807, 2.05) is 31.4 Å². The molecule has 0 saturated heterocycles. The SMILES string of the molecule is CCOC(=O)C(C)(C)c1nc2cnccc2n1CC. The van der Waals surface area contributed by atoms with Gasteiger partial charge in [0.2, 0.25) is 0 Å². The molecule has 0 unspecified atom stereocenters. The highest BCUT2D eigenvalue weighted by molar-refractivity contribution is 5.83. The summed E-state index contributed by atoms with van der Waals surface area (Å²) in [6.07, 6.45) is 3.45. The van der Waals surface area contributed by atoms with Gasteiger partial charge in [-0.15, -0.1) is 0 Å². The summed E-state index contributed by atoms with van der Waals surface area (Å²) in [7, 11) is 0. The molecule has 2 rings (SSSR count). The molecule has 0 N–H and O–H groups in total. The third-order valence-corrected chi connectivity index (χ3v) is 3.21. The van der Waals surface area contributed by atoms with Gasteiger partial charge in [0.1, 0.15) is 16.8 Å². The summed E-state index contributed by atoms with van der Waals surface area (Å²) >= 11 is 0. The molecular formula is C14H19N3O2. The van der Waals surface area contributed by atoms with Gasteiger partial charge in [0.25, 0.3) is 0 Å². The first-order valence-corrected chi connectivity index (χ1v) is 6.50. The lowest BCUT2D eigenvalue weighted by atomic mass is 9.92. The number of hydrogen-bond acceptors (Lipinski definition) is 4. The van der Waals surface area contributed by atoms with Gasteiger partial charge in [-0.05, 0) is 33.8 Å². The predicted molar refractivity (Wildman–Crippen MR) is 72.9 cm³/mol. The van der Waals surface area contributed by atoms with Gasteiger partial charge in [0.15, 0.2) is 0 Å². The molecule has 19 heavy (non-hydrogen) atoms. The smallest absolute Gasteiger partial charge is 0.319 e. The molecule has 0 fully saturated rings. The van der Waals surface area contributed by atoms with Crippen LogP contribution in [0.15, 0.2) is 18.5 Å². The number of nitrogens with zero attached hydrogens (tertiary/aromatic N) is 3. The summed E-state index contributed by atoms with van der Waals surface area (Å²) in [6, 6.07) is 1.91. The number of carbonyl (C=O) groups excluding carboxylic acids is 1. The van der Waals surface area contributed by atoms with E-state index in [-0.39, 0.29) is 5.97 Å². The molecule has 102 valence electrons. The van der Waals surface area contributed by atoms with Crippen molar-refractivity contribution in [2.24, 2.45) is 0 Å². The first-order chi connectivity index (χ1) is 9.02. The maximum atomic E-state index is 12.1. The van der Waals surface area contributed by atoms with Crippen LogP contribution >= 0.6 is 0 Å². The molecule has 2 aromatic rings. The number of hydrogen-bond donors (Lipinski definition) is 0. The minimum absolute atomic E-state index is 0.257. The van der Waals surface area contributed by atoms with Gasteiger partial charge in [0.05, 0.1) is 18.3 Å². The summed E-state index contributed by atoms with van der Waals surface area (Å²) < 4.78 is 7.18. The van der Waals surface area contributed by atoms with Crippen molar-refractivity contribution in [3.63, 3.8) is 0 Å². The second-order valence-electron chi connectivity index (χ2n) is 4.89. The van der Waals surface area contributed by atoms with Crippen LogP contribution < -0.4 is 0 Å². The van der Waals surface area contributed by atoms with E-state index >= 15 is 0 Å². The third-order valence-electron chi connectivity index (χ3n) is 3.21. The lowest BCUT2D eigenvalue weighted by Gasteiger charge is -2.22. The van der Waals surface area contributed by atoms with Crippen molar-refractivity contribution >= 4 is 17.0 Å². The fourth-order valence-corrected chi connectivity index (χ4v) is 2.18. The zero-order chi connectivity index (χ0) is 14.0. The van der Waals surface area contributed by atoms with Crippen LogP contribution in [0.2, 0.25) is 0 Å². The molecule has 2 heterocycles. The molecule has 0 aromatic carbocycles. The third kappa shape index (κ3) is 2.20. The van der Waals surface area contributed by atoms with Crippen LogP contribution in [0.5, 0.6) is 0 Å². The van der Waals surface area contributed by atoms with Crippen molar-refractivity contribution in [2.75, 3.05) is 6.61 Å². The van der Waals surface area contributed by atoms with Crippen LogP contribution in [-0.4, -0.2) is 27.1 Å². The number of aromatic nitrogens is 3. The number of carbonyl (C=O) groups is 1. The van der Waals surface area contributed by atoms with Crippen LogP contribution in [0, 0.1) is 0 Å². The molecule has 0 aliphatic rings. The van der Waals surface area contributed by atoms with Gasteiger partial charge in [-0.2, -0.15) is 0 Å². The molecule has 0 spiro atoms. The van der Waals surface area contributed by atoms with Crippen molar-refractivity contribution in [3.05, 3.63) is 24.3 Å².